The van der Waals surface area contributed by atoms with Gasteiger partial charge in [-0.2, -0.15) is 0 Å². The number of ether oxygens (including phenoxy) is 2. The fraction of sp³-hybridized carbons (Fsp3) is 0.367. The van der Waals surface area contributed by atoms with Gasteiger partial charge < -0.3 is 25.4 Å². The van der Waals surface area contributed by atoms with Gasteiger partial charge in [-0.05, 0) is 86.3 Å². The number of carbonyl (C=O) groups excluding carboxylic acids is 1. The normalized spacial score (nSPS) is 17.7. The van der Waals surface area contributed by atoms with Crippen molar-refractivity contribution >= 4 is 41.5 Å². The number of hydrogen-bond acceptors (Lipinski definition) is 6. The predicted molar refractivity (Wildman–Crippen MR) is 156 cm³/mol. The Labute approximate surface area is 239 Å². The van der Waals surface area contributed by atoms with Crippen LogP contribution in [0.1, 0.15) is 43.2 Å². The quantitative estimate of drug-likeness (QED) is 0.254. The first-order valence-electron chi connectivity index (χ1n) is 13.2. The lowest BCUT2D eigenvalue weighted by Crippen LogP contribution is -2.44. The van der Waals surface area contributed by atoms with E-state index in [9.17, 15) is 9.18 Å². The van der Waals surface area contributed by atoms with Crippen LogP contribution in [0.4, 0.5) is 15.8 Å². The molecule has 1 spiro atoms. The lowest BCUT2D eigenvalue weighted by molar-refractivity contribution is -0.126. The van der Waals surface area contributed by atoms with Gasteiger partial charge in [0.2, 0.25) is 5.91 Å². The number of nitrogens with zero attached hydrogens (tertiary/aromatic N) is 1. The Morgan fingerprint density at radius 1 is 1.13 bits per heavy atom. The van der Waals surface area contributed by atoms with Crippen molar-refractivity contribution in [2.75, 3.05) is 30.8 Å². The van der Waals surface area contributed by atoms with Crippen molar-refractivity contribution in [1.29, 1.82) is 0 Å². The molecule has 3 aliphatic rings. The lowest BCUT2D eigenvalue weighted by Gasteiger charge is -2.37. The van der Waals surface area contributed by atoms with E-state index >= 15 is 0 Å². The van der Waals surface area contributed by atoms with Crippen LogP contribution in [0.15, 0.2) is 59.5 Å². The number of carbonyl (C=O) groups is 1. The maximum Gasteiger partial charge on any atom is 0.238 e. The second kappa shape index (κ2) is 11.7. The van der Waals surface area contributed by atoms with Crippen LogP contribution in [0.25, 0.3) is 0 Å². The maximum atomic E-state index is 13.6. The molecule has 1 aliphatic carbocycles. The van der Waals surface area contributed by atoms with E-state index in [1.807, 2.05) is 41.3 Å². The Bertz CT molecular complexity index is 1340. The number of nitrogen functional groups attached to an aromatic ring is 1. The molecule has 2 fully saturated rings. The number of halogens is 2. The van der Waals surface area contributed by atoms with Crippen LogP contribution in [0, 0.1) is 5.82 Å². The van der Waals surface area contributed by atoms with Crippen molar-refractivity contribution in [1.82, 2.24) is 5.32 Å². The molecule has 2 aliphatic heterocycles. The maximum absolute atomic E-state index is 13.6. The molecule has 2 heterocycles. The van der Waals surface area contributed by atoms with Crippen molar-refractivity contribution in [2.45, 2.75) is 55.1 Å². The van der Waals surface area contributed by atoms with Crippen LogP contribution in [0.2, 0.25) is 5.02 Å². The Hall–Kier alpha value is -2.94. The SMILES string of the molecule is COc1ccc(CN2C(=O)C3(CCC3)c3cc(N)cc(OC4CCNCC4)c32)cc1.Fc1cc(Cl)ccc1S. The van der Waals surface area contributed by atoms with E-state index in [0.717, 1.165) is 73.5 Å². The summed E-state index contributed by atoms with van der Waals surface area (Å²) >= 11 is 9.25. The Kier molecular flexibility index (Phi) is 8.26. The molecule has 3 aromatic rings. The summed E-state index contributed by atoms with van der Waals surface area (Å²) in [5, 5.41) is 3.77. The van der Waals surface area contributed by atoms with E-state index in [-0.39, 0.29) is 17.8 Å². The highest BCUT2D eigenvalue weighted by Gasteiger charge is 2.55. The summed E-state index contributed by atoms with van der Waals surface area (Å²) in [5.41, 5.74) is 9.56. The molecule has 0 bridgehead atoms. The van der Waals surface area contributed by atoms with Gasteiger partial charge in [-0.15, -0.1) is 12.6 Å². The number of fused-ring (bicyclic) bond motifs is 2. The smallest absolute Gasteiger partial charge is 0.238 e. The molecule has 6 nitrogen and oxygen atoms in total. The molecule has 0 radical (unpaired) electrons. The third kappa shape index (κ3) is 5.69. The summed E-state index contributed by atoms with van der Waals surface area (Å²) in [7, 11) is 1.66. The number of amides is 1. The van der Waals surface area contributed by atoms with Gasteiger partial charge in [0.05, 0.1) is 24.8 Å². The zero-order chi connectivity index (χ0) is 27.6. The first kappa shape index (κ1) is 27.6. The molecule has 39 heavy (non-hydrogen) atoms. The van der Waals surface area contributed by atoms with Crippen LogP contribution in [0.5, 0.6) is 11.5 Å². The van der Waals surface area contributed by atoms with Crippen LogP contribution in [0.3, 0.4) is 0 Å². The average Bonchev–Trinajstić information content (AvgIpc) is 3.15. The van der Waals surface area contributed by atoms with Gasteiger partial charge in [-0.25, -0.2) is 4.39 Å². The fourth-order valence-electron chi connectivity index (χ4n) is 5.49. The van der Waals surface area contributed by atoms with Crippen molar-refractivity contribution in [3.05, 3.63) is 76.6 Å². The monoisotopic (exact) mass is 569 g/mol. The number of hydrogen-bond donors (Lipinski definition) is 3. The van der Waals surface area contributed by atoms with Crippen LogP contribution >= 0.6 is 24.2 Å². The van der Waals surface area contributed by atoms with Crippen LogP contribution in [-0.4, -0.2) is 32.2 Å². The second-order valence-corrected chi connectivity index (χ2v) is 11.2. The van der Waals surface area contributed by atoms with E-state index < -0.39 is 5.41 Å². The number of methoxy groups -OCH3 is 1. The minimum Gasteiger partial charge on any atom is -0.497 e. The number of benzene rings is 3. The zero-order valence-electron chi connectivity index (χ0n) is 21.9. The number of thiol groups is 1. The molecule has 1 amide bonds. The predicted octanol–water partition coefficient (Wildman–Crippen LogP) is 6.14. The Balaban J connectivity index is 0.000000292. The molecule has 1 saturated carbocycles. The number of anilines is 2. The fourth-order valence-corrected chi connectivity index (χ4v) is 5.79. The van der Waals surface area contributed by atoms with Gasteiger partial charge in [0.15, 0.2) is 0 Å². The molecule has 3 N–H and O–H groups in total. The van der Waals surface area contributed by atoms with Gasteiger partial charge in [0, 0.05) is 21.7 Å². The van der Waals surface area contributed by atoms with E-state index in [1.54, 1.807) is 13.2 Å². The molecule has 6 rings (SSSR count). The molecule has 9 heteroatoms. The second-order valence-electron chi connectivity index (χ2n) is 10.3. The van der Waals surface area contributed by atoms with E-state index in [4.69, 9.17) is 26.8 Å². The van der Waals surface area contributed by atoms with Gasteiger partial charge in [0.25, 0.3) is 0 Å². The molecule has 0 aromatic heterocycles. The molecule has 0 atom stereocenters. The van der Waals surface area contributed by atoms with Gasteiger partial charge in [0.1, 0.15) is 23.4 Å². The summed E-state index contributed by atoms with van der Waals surface area (Å²) in [5.74, 6) is 1.36. The number of piperidine rings is 1. The Morgan fingerprint density at radius 2 is 1.85 bits per heavy atom. The molecular weight excluding hydrogens is 537 g/mol. The molecular formula is C30H33ClFN3O3S. The summed E-state index contributed by atoms with van der Waals surface area (Å²) in [4.78, 5) is 15.9. The van der Waals surface area contributed by atoms with Crippen molar-refractivity contribution < 1.29 is 18.7 Å². The first-order valence-corrected chi connectivity index (χ1v) is 14.0. The number of rotatable bonds is 5. The van der Waals surface area contributed by atoms with E-state index in [2.05, 4.69) is 17.9 Å². The van der Waals surface area contributed by atoms with Gasteiger partial charge in [-0.1, -0.05) is 30.2 Å². The third-order valence-electron chi connectivity index (χ3n) is 7.73. The van der Waals surface area contributed by atoms with Gasteiger partial charge in [-0.3, -0.25) is 4.79 Å². The average molecular weight is 570 g/mol. The summed E-state index contributed by atoms with van der Waals surface area (Å²) in [6.07, 6.45) is 4.90. The third-order valence-corrected chi connectivity index (χ3v) is 8.33. The summed E-state index contributed by atoms with van der Waals surface area (Å²) in [6.45, 7) is 2.42. The lowest BCUT2D eigenvalue weighted by atomic mass is 9.65. The Morgan fingerprint density at radius 3 is 2.44 bits per heavy atom. The van der Waals surface area contributed by atoms with Crippen LogP contribution in [-0.2, 0) is 16.8 Å². The zero-order valence-corrected chi connectivity index (χ0v) is 23.5. The van der Waals surface area contributed by atoms with Gasteiger partial charge >= 0.3 is 0 Å². The van der Waals surface area contributed by atoms with Crippen LogP contribution < -0.4 is 25.4 Å². The number of nitrogens with two attached hydrogens (primary N) is 1. The standard InChI is InChI=1S/C24H29N3O3.C6H4ClFS/c1-29-18-5-3-16(4-6-18)15-27-22-20(24(23(27)28)9-2-10-24)13-17(25)14-21(22)30-19-7-11-26-12-8-19;7-4-1-2-6(9)5(8)3-4/h3-6,13-14,19,26H,2,7-12,15,25H2,1H3;1-3,9H. The van der Waals surface area contributed by atoms with Crippen molar-refractivity contribution in [2.24, 2.45) is 0 Å². The summed E-state index contributed by atoms with van der Waals surface area (Å²) < 4.78 is 24.2. The van der Waals surface area contributed by atoms with Crippen molar-refractivity contribution in [3.8, 4) is 11.5 Å². The van der Waals surface area contributed by atoms with E-state index in [1.165, 1.54) is 12.1 Å². The highest BCUT2D eigenvalue weighted by Crippen LogP contribution is 2.57. The highest BCUT2D eigenvalue weighted by molar-refractivity contribution is 7.80. The largest absolute Gasteiger partial charge is 0.497 e. The highest BCUT2D eigenvalue weighted by atomic mass is 35.5. The summed E-state index contributed by atoms with van der Waals surface area (Å²) in [6, 6.07) is 16.1. The molecule has 206 valence electrons. The number of nitrogens with one attached hydrogen (secondary N) is 1. The topological polar surface area (TPSA) is 76.8 Å². The van der Waals surface area contributed by atoms with E-state index in [0.29, 0.717) is 22.2 Å². The molecule has 1 saturated heterocycles. The molecule has 0 unspecified atom stereocenters. The minimum atomic E-state index is -0.427. The van der Waals surface area contributed by atoms with Crippen molar-refractivity contribution in [3.63, 3.8) is 0 Å². The molecule has 3 aromatic carbocycles. The minimum absolute atomic E-state index is 0.146. The first-order chi connectivity index (χ1) is 18.8.